The molecule has 0 saturated heterocycles. The SMILES string of the molecule is CCCCC(=O)OCC1(C)CCc2c(C)c(OC(=O)[C@@H](N)CCCCN)c(C)c(C)c2O1.Cl.Cl. The molecule has 0 aliphatic carbocycles. The normalized spacial score (nSPS) is 17.4. The maximum atomic E-state index is 12.6. The number of fused-ring (bicyclic) bond motifs is 1. The summed E-state index contributed by atoms with van der Waals surface area (Å²) in [6, 6.07) is -0.668. The van der Waals surface area contributed by atoms with Gasteiger partial charge in [-0.05, 0) is 83.0 Å². The van der Waals surface area contributed by atoms with Gasteiger partial charge in [-0.3, -0.25) is 4.79 Å². The van der Waals surface area contributed by atoms with Crippen LogP contribution in [0.25, 0.3) is 0 Å². The minimum Gasteiger partial charge on any atom is -0.483 e. The Labute approximate surface area is 216 Å². The van der Waals surface area contributed by atoms with Crippen molar-refractivity contribution in [2.75, 3.05) is 13.2 Å². The fraction of sp³-hybridized carbons (Fsp3) is 0.680. The molecule has 2 rings (SSSR count). The first kappa shape index (κ1) is 32.5. The van der Waals surface area contributed by atoms with Crippen molar-refractivity contribution >= 4 is 36.8 Å². The van der Waals surface area contributed by atoms with Crippen molar-refractivity contribution in [3.05, 3.63) is 22.3 Å². The van der Waals surface area contributed by atoms with E-state index in [2.05, 4.69) is 0 Å². The van der Waals surface area contributed by atoms with Crippen LogP contribution in [0, 0.1) is 20.8 Å². The van der Waals surface area contributed by atoms with Gasteiger partial charge in [0.2, 0.25) is 0 Å². The van der Waals surface area contributed by atoms with Gasteiger partial charge in [0.1, 0.15) is 29.7 Å². The number of halogens is 2. The maximum Gasteiger partial charge on any atom is 0.328 e. The number of unbranched alkanes of at least 4 members (excludes halogenated alkanes) is 2. The predicted molar refractivity (Wildman–Crippen MR) is 140 cm³/mol. The van der Waals surface area contributed by atoms with Crippen LogP contribution in [0.15, 0.2) is 0 Å². The third kappa shape index (κ3) is 8.29. The van der Waals surface area contributed by atoms with Crippen LogP contribution < -0.4 is 20.9 Å². The van der Waals surface area contributed by atoms with Gasteiger partial charge in [0, 0.05) is 12.0 Å². The first-order chi connectivity index (χ1) is 15.1. The third-order valence-electron chi connectivity index (χ3n) is 6.31. The molecule has 196 valence electrons. The Bertz CT molecular complexity index is 834. The van der Waals surface area contributed by atoms with Gasteiger partial charge < -0.3 is 25.7 Å². The number of hydrogen-bond acceptors (Lipinski definition) is 7. The zero-order valence-electron chi connectivity index (χ0n) is 21.2. The molecule has 1 aromatic rings. The molecule has 7 nitrogen and oxygen atoms in total. The van der Waals surface area contributed by atoms with E-state index in [0.717, 1.165) is 60.1 Å². The smallest absolute Gasteiger partial charge is 0.328 e. The number of carbonyl (C=O) groups excluding carboxylic acids is 2. The summed E-state index contributed by atoms with van der Waals surface area (Å²) in [6.07, 6.45) is 5.85. The molecule has 0 amide bonds. The van der Waals surface area contributed by atoms with E-state index in [1.54, 1.807) is 0 Å². The lowest BCUT2D eigenvalue weighted by Gasteiger charge is -2.37. The Balaban J connectivity index is 0.00000544. The first-order valence-electron chi connectivity index (χ1n) is 11.8. The van der Waals surface area contributed by atoms with E-state index in [1.165, 1.54) is 0 Å². The molecule has 1 aromatic carbocycles. The van der Waals surface area contributed by atoms with Crippen LogP contribution in [0.4, 0.5) is 0 Å². The number of benzene rings is 1. The Morgan fingerprint density at radius 3 is 2.38 bits per heavy atom. The highest BCUT2D eigenvalue weighted by Crippen LogP contribution is 2.44. The largest absolute Gasteiger partial charge is 0.483 e. The van der Waals surface area contributed by atoms with Crippen molar-refractivity contribution in [3.8, 4) is 11.5 Å². The summed E-state index contributed by atoms with van der Waals surface area (Å²) >= 11 is 0. The van der Waals surface area contributed by atoms with Crippen molar-refractivity contribution in [2.24, 2.45) is 11.5 Å². The van der Waals surface area contributed by atoms with Crippen LogP contribution in [0.1, 0.15) is 81.0 Å². The molecular formula is C25H42Cl2N2O5. The third-order valence-corrected chi connectivity index (χ3v) is 6.31. The molecular weight excluding hydrogens is 479 g/mol. The van der Waals surface area contributed by atoms with Crippen LogP contribution in [-0.2, 0) is 20.7 Å². The van der Waals surface area contributed by atoms with Crippen molar-refractivity contribution in [1.82, 2.24) is 0 Å². The Kier molecular flexibility index (Phi) is 14.1. The van der Waals surface area contributed by atoms with E-state index in [-0.39, 0.29) is 37.4 Å². The zero-order chi connectivity index (χ0) is 23.9. The highest BCUT2D eigenvalue weighted by atomic mass is 35.5. The Morgan fingerprint density at radius 1 is 1.09 bits per heavy atom. The number of esters is 2. The first-order valence-corrected chi connectivity index (χ1v) is 11.8. The Hall–Kier alpha value is -1.54. The van der Waals surface area contributed by atoms with Gasteiger partial charge >= 0.3 is 11.9 Å². The molecule has 0 saturated carbocycles. The summed E-state index contributed by atoms with van der Waals surface area (Å²) in [5.74, 6) is 0.758. The zero-order valence-corrected chi connectivity index (χ0v) is 22.8. The standard InChI is InChI=1S/C25H40N2O5.2ClH/c1-6-7-11-21(28)30-15-25(5)13-12-19-18(4)22(16(2)17(3)23(19)32-25)31-24(29)20(27)10-8-9-14-26;;/h20H,6-15,26-27H2,1-5H3;2*1H/t20-,25?;;/m0../s1. The highest BCUT2D eigenvalue weighted by molar-refractivity contribution is 5.85. The summed E-state index contributed by atoms with van der Waals surface area (Å²) in [6.45, 7) is 10.7. The van der Waals surface area contributed by atoms with E-state index in [1.807, 2.05) is 34.6 Å². The molecule has 1 unspecified atom stereocenters. The van der Waals surface area contributed by atoms with E-state index < -0.39 is 17.6 Å². The highest BCUT2D eigenvalue weighted by Gasteiger charge is 2.36. The van der Waals surface area contributed by atoms with Gasteiger partial charge in [-0.1, -0.05) is 19.8 Å². The summed E-state index contributed by atoms with van der Waals surface area (Å²) in [5.41, 5.74) is 14.7. The molecule has 1 aliphatic rings. The number of nitrogens with two attached hydrogens (primary N) is 2. The van der Waals surface area contributed by atoms with E-state index in [4.69, 9.17) is 25.7 Å². The Morgan fingerprint density at radius 2 is 1.76 bits per heavy atom. The van der Waals surface area contributed by atoms with Gasteiger partial charge in [-0.25, -0.2) is 4.79 Å². The second-order valence-corrected chi connectivity index (χ2v) is 9.14. The van der Waals surface area contributed by atoms with Gasteiger partial charge in [-0.15, -0.1) is 24.8 Å². The van der Waals surface area contributed by atoms with Gasteiger partial charge in [0.15, 0.2) is 0 Å². The molecule has 2 atom stereocenters. The van der Waals surface area contributed by atoms with E-state index in [9.17, 15) is 9.59 Å². The second kappa shape index (κ2) is 14.8. The topological polar surface area (TPSA) is 114 Å². The van der Waals surface area contributed by atoms with Crippen LogP contribution in [-0.4, -0.2) is 36.7 Å². The lowest BCUT2D eigenvalue weighted by molar-refractivity contribution is -0.150. The molecule has 1 aliphatic heterocycles. The molecule has 0 radical (unpaired) electrons. The predicted octanol–water partition coefficient (Wildman–Crippen LogP) is 4.63. The lowest BCUT2D eigenvalue weighted by atomic mass is 9.87. The lowest BCUT2D eigenvalue weighted by Crippen LogP contribution is -2.42. The van der Waals surface area contributed by atoms with Gasteiger partial charge in [-0.2, -0.15) is 0 Å². The molecule has 4 N–H and O–H groups in total. The van der Waals surface area contributed by atoms with Crippen LogP contribution >= 0.6 is 24.8 Å². The average molecular weight is 522 g/mol. The molecule has 0 aromatic heterocycles. The minimum absolute atomic E-state index is 0. The number of carbonyl (C=O) groups is 2. The van der Waals surface area contributed by atoms with Crippen molar-refractivity contribution in [3.63, 3.8) is 0 Å². The number of ether oxygens (including phenoxy) is 3. The van der Waals surface area contributed by atoms with Gasteiger partial charge in [0.25, 0.3) is 0 Å². The van der Waals surface area contributed by atoms with E-state index in [0.29, 0.717) is 31.6 Å². The minimum atomic E-state index is -0.668. The second-order valence-electron chi connectivity index (χ2n) is 9.14. The molecule has 0 bridgehead atoms. The molecule has 0 spiro atoms. The molecule has 0 fully saturated rings. The van der Waals surface area contributed by atoms with Crippen molar-refractivity contribution in [1.29, 1.82) is 0 Å². The number of hydrogen-bond donors (Lipinski definition) is 2. The van der Waals surface area contributed by atoms with Crippen LogP contribution in [0.2, 0.25) is 0 Å². The van der Waals surface area contributed by atoms with Crippen molar-refractivity contribution < 1.29 is 23.8 Å². The van der Waals surface area contributed by atoms with Crippen LogP contribution in [0.5, 0.6) is 11.5 Å². The fourth-order valence-electron chi connectivity index (χ4n) is 3.97. The maximum absolute atomic E-state index is 12.6. The summed E-state index contributed by atoms with van der Waals surface area (Å²) in [4.78, 5) is 24.5. The fourth-order valence-corrected chi connectivity index (χ4v) is 3.97. The van der Waals surface area contributed by atoms with Crippen molar-refractivity contribution in [2.45, 2.75) is 97.6 Å². The quantitative estimate of drug-likeness (QED) is 0.248. The van der Waals surface area contributed by atoms with Crippen LogP contribution in [0.3, 0.4) is 0 Å². The summed E-state index contributed by atoms with van der Waals surface area (Å²) in [5, 5.41) is 0. The summed E-state index contributed by atoms with van der Waals surface area (Å²) < 4.78 is 17.6. The monoisotopic (exact) mass is 520 g/mol. The average Bonchev–Trinajstić information content (AvgIpc) is 2.77. The summed E-state index contributed by atoms with van der Waals surface area (Å²) in [7, 11) is 0. The van der Waals surface area contributed by atoms with E-state index >= 15 is 0 Å². The molecule has 34 heavy (non-hydrogen) atoms. The molecule has 1 heterocycles. The number of rotatable bonds is 11. The molecule has 9 heteroatoms. The van der Waals surface area contributed by atoms with Gasteiger partial charge in [0.05, 0.1) is 0 Å².